The first-order valence-electron chi connectivity index (χ1n) is 9.31. The smallest absolute Gasteiger partial charge is 0.349 e. The van der Waals surface area contributed by atoms with Crippen molar-refractivity contribution in [1.82, 2.24) is 4.90 Å². The van der Waals surface area contributed by atoms with Gasteiger partial charge >= 0.3 is 5.63 Å². The van der Waals surface area contributed by atoms with Gasteiger partial charge in [-0.3, -0.25) is 24.6 Å². The lowest BCUT2D eigenvalue weighted by Crippen LogP contribution is -2.43. The van der Waals surface area contributed by atoms with Gasteiger partial charge in [0.05, 0.1) is 4.92 Å². The van der Waals surface area contributed by atoms with Gasteiger partial charge in [-0.15, -0.1) is 0 Å². The van der Waals surface area contributed by atoms with Crippen LogP contribution in [0, 0.1) is 10.1 Å². The Bertz CT molecular complexity index is 1200. The number of para-hydroxylation sites is 1. The molecule has 152 valence electrons. The van der Waals surface area contributed by atoms with Crippen molar-refractivity contribution < 1.29 is 18.9 Å². The fourth-order valence-corrected chi connectivity index (χ4v) is 3.40. The molecule has 0 spiro atoms. The molecule has 9 heteroatoms. The molecule has 0 bridgehead atoms. The van der Waals surface area contributed by atoms with E-state index in [0.29, 0.717) is 36.0 Å². The summed E-state index contributed by atoms with van der Waals surface area (Å²) in [6, 6.07) is 13.6. The Kier molecular flexibility index (Phi) is 5.01. The van der Waals surface area contributed by atoms with Crippen LogP contribution in [0.1, 0.15) is 23.2 Å². The zero-order chi connectivity index (χ0) is 21.3. The lowest BCUT2D eigenvalue weighted by Gasteiger charge is -2.27. The van der Waals surface area contributed by atoms with E-state index in [1.807, 2.05) is 0 Å². The number of nitro benzene ring substituents is 1. The second kappa shape index (κ2) is 7.78. The predicted octanol–water partition coefficient (Wildman–Crippen LogP) is 2.93. The molecule has 0 aliphatic carbocycles. The summed E-state index contributed by atoms with van der Waals surface area (Å²) in [5.41, 5.74) is -0.417. The zero-order valence-corrected chi connectivity index (χ0v) is 15.8. The van der Waals surface area contributed by atoms with E-state index in [1.165, 1.54) is 40.1 Å². The van der Waals surface area contributed by atoms with Crippen LogP contribution >= 0.6 is 0 Å². The normalized spacial score (nSPS) is 13.6. The van der Waals surface area contributed by atoms with Crippen molar-refractivity contribution in [1.29, 1.82) is 0 Å². The Morgan fingerprint density at radius 3 is 2.53 bits per heavy atom. The number of likely N-dealkylation sites (tertiary alicyclic amines) is 1. The summed E-state index contributed by atoms with van der Waals surface area (Å²) >= 11 is 0. The van der Waals surface area contributed by atoms with Crippen molar-refractivity contribution in [2.24, 2.45) is 0 Å². The molecule has 4 rings (SSSR count). The van der Waals surface area contributed by atoms with E-state index < -0.39 is 16.5 Å². The Morgan fingerprint density at radius 2 is 1.87 bits per heavy atom. The van der Waals surface area contributed by atoms with E-state index in [9.17, 15) is 24.5 Å². The van der Waals surface area contributed by atoms with Crippen molar-refractivity contribution in [2.45, 2.75) is 12.8 Å². The SMILES string of the molecule is O=C1CCCN1CN(C(=O)c1cc2ccccc2oc1=O)c1ccc([N+](=O)[O-])cc1. The van der Waals surface area contributed by atoms with Crippen LogP contribution < -0.4 is 10.5 Å². The van der Waals surface area contributed by atoms with Gasteiger partial charge in [-0.25, -0.2) is 4.79 Å². The Hall–Kier alpha value is -4.01. The van der Waals surface area contributed by atoms with Crippen LogP contribution in [0.2, 0.25) is 0 Å². The minimum atomic E-state index is -0.793. The molecule has 2 aromatic carbocycles. The number of non-ortho nitro benzene ring substituents is 1. The van der Waals surface area contributed by atoms with Crippen LogP contribution in [0.4, 0.5) is 11.4 Å². The minimum absolute atomic E-state index is 0.0677. The van der Waals surface area contributed by atoms with E-state index in [0.717, 1.165) is 0 Å². The molecular weight excluding hydrogens is 390 g/mol. The van der Waals surface area contributed by atoms with E-state index in [1.54, 1.807) is 24.3 Å². The summed E-state index contributed by atoms with van der Waals surface area (Å²) in [5.74, 6) is -0.747. The molecule has 1 saturated heterocycles. The number of amides is 2. The van der Waals surface area contributed by atoms with Gasteiger partial charge in [0.25, 0.3) is 11.6 Å². The minimum Gasteiger partial charge on any atom is -0.422 e. The number of rotatable bonds is 5. The Morgan fingerprint density at radius 1 is 1.13 bits per heavy atom. The van der Waals surface area contributed by atoms with Gasteiger partial charge in [0, 0.05) is 36.2 Å². The first kappa shape index (κ1) is 19.3. The van der Waals surface area contributed by atoms with E-state index in [2.05, 4.69) is 0 Å². The van der Waals surface area contributed by atoms with Gasteiger partial charge in [0.2, 0.25) is 5.91 Å². The first-order chi connectivity index (χ1) is 14.4. The molecule has 2 amide bonds. The summed E-state index contributed by atoms with van der Waals surface area (Å²) in [7, 11) is 0. The maximum atomic E-state index is 13.3. The van der Waals surface area contributed by atoms with E-state index >= 15 is 0 Å². The molecule has 1 aliphatic rings. The molecule has 0 N–H and O–H groups in total. The van der Waals surface area contributed by atoms with Crippen molar-refractivity contribution in [3.05, 3.63) is 80.7 Å². The predicted molar refractivity (Wildman–Crippen MR) is 108 cm³/mol. The highest BCUT2D eigenvalue weighted by Crippen LogP contribution is 2.23. The fraction of sp³-hybridized carbons (Fsp3) is 0.190. The number of hydrogen-bond acceptors (Lipinski definition) is 6. The summed E-state index contributed by atoms with van der Waals surface area (Å²) in [4.78, 5) is 51.1. The maximum absolute atomic E-state index is 13.3. The maximum Gasteiger partial charge on any atom is 0.349 e. The molecule has 2 heterocycles. The summed E-state index contributed by atoms with van der Waals surface area (Å²) in [6.45, 7) is 0.420. The third kappa shape index (κ3) is 3.64. The van der Waals surface area contributed by atoms with Gasteiger partial charge < -0.3 is 9.32 Å². The molecule has 0 atom stereocenters. The molecule has 1 aliphatic heterocycles. The summed E-state index contributed by atoms with van der Waals surface area (Å²) < 4.78 is 5.27. The van der Waals surface area contributed by atoms with Gasteiger partial charge in [-0.05, 0) is 30.7 Å². The molecule has 30 heavy (non-hydrogen) atoms. The van der Waals surface area contributed by atoms with Crippen LogP contribution in [0.15, 0.2) is 63.8 Å². The second-order valence-corrected chi connectivity index (χ2v) is 6.89. The van der Waals surface area contributed by atoms with Crippen LogP contribution in [0.3, 0.4) is 0 Å². The van der Waals surface area contributed by atoms with Gasteiger partial charge in [-0.2, -0.15) is 0 Å². The summed E-state index contributed by atoms with van der Waals surface area (Å²) in [6.07, 6.45) is 1.07. The number of carbonyl (C=O) groups is 2. The average molecular weight is 407 g/mol. The molecule has 1 fully saturated rings. The molecule has 1 aromatic heterocycles. The van der Waals surface area contributed by atoms with Crippen LogP contribution in [-0.4, -0.2) is 34.9 Å². The van der Waals surface area contributed by atoms with Crippen molar-refractivity contribution in [3.8, 4) is 0 Å². The third-order valence-electron chi connectivity index (χ3n) is 4.97. The highest BCUT2D eigenvalue weighted by Gasteiger charge is 2.28. The molecule has 0 saturated carbocycles. The largest absolute Gasteiger partial charge is 0.422 e. The highest BCUT2D eigenvalue weighted by atomic mass is 16.6. The number of hydrogen-bond donors (Lipinski definition) is 0. The molecule has 0 unspecified atom stereocenters. The standard InChI is InChI=1S/C21H17N3O6/c25-19-6-3-11-22(19)13-23(15-7-9-16(10-8-15)24(28)29)20(26)17-12-14-4-1-2-5-18(14)30-21(17)27/h1-2,4-5,7-10,12H,3,6,11,13H2. The quantitative estimate of drug-likeness (QED) is 0.365. The number of benzene rings is 2. The lowest BCUT2D eigenvalue weighted by molar-refractivity contribution is -0.384. The van der Waals surface area contributed by atoms with E-state index in [-0.39, 0.29) is 23.8 Å². The molecule has 9 nitrogen and oxygen atoms in total. The molecular formula is C21H17N3O6. The van der Waals surface area contributed by atoms with Crippen LogP contribution in [-0.2, 0) is 4.79 Å². The van der Waals surface area contributed by atoms with E-state index in [4.69, 9.17) is 4.42 Å². The molecule has 3 aromatic rings. The Balaban J connectivity index is 1.75. The topological polar surface area (TPSA) is 114 Å². The third-order valence-corrected chi connectivity index (χ3v) is 4.97. The number of nitro groups is 1. The second-order valence-electron chi connectivity index (χ2n) is 6.89. The van der Waals surface area contributed by atoms with Crippen molar-refractivity contribution in [3.63, 3.8) is 0 Å². The van der Waals surface area contributed by atoms with Crippen molar-refractivity contribution >= 4 is 34.2 Å². The Labute approximate surface area is 170 Å². The number of carbonyl (C=O) groups excluding carboxylic acids is 2. The number of nitrogens with zero attached hydrogens (tertiary/aromatic N) is 3. The fourth-order valence-electron chi connectivity index (χ4n) is 3.40. The molecule has 0 radical (unpaired) electrons. The van der Waals surface area contributed by atoms with Crippen LogP contribution in [0.5, 0.6) is 0 Å². The summed E-state index contributed by atoms with van der Waals surface area (Å²) in [5, 5.41) is 11.5. The lowest BCUT2D eigenvalue weighted by atomic mass is 10.1. The van der Waals surface area contributed by atoms with Gasteiger partial charge in [0.15, 0.2) is 0 Å². The zero-order valence-electron chi connectivity index (χ0n) is 15.8. The highest BCUT2D eigenvalue weighted by molar-refractivity contribution is 6.07. The van der Waals surface area contributed by atoms with Gasteiger partial charge in [-0.1, -0.05) is 18.2 Å². The number of anilines is 1. The first-order valence-corrected chi connectivity index (χ1v) is 9.31. The van der Waals surface area contributed by atoms with Crippen LogP contribution in [0.25, 0.3) is 11.0 Å². The monoisotopic (exact) mass is 407 g/mol. The average Bonchev–Trinajstić information content (AvgIpc) is 3.15. The number of fused-ring (bicyclic) bond motifs is 1. The van der Waals surface area contributed by atoms with Gasteiger partial charge in [0.1, 0.15) is 17.8 Å². The van der Waals surface area contributed by atoms with Crippen molar-refractivity contribution in [2.75, 3.05) is 18.1 Å².